The van der Waals surface area contributed by atoms with Crippen LogP contribution in [-0.4, -0.2) is 37.2 Å². The molecule has 1 aromatic carbocycles. The molecule has 0 heterocycles. The van der Waals surface area contributed by atoms with Gasteiger partial charge in [0.1, 0.15) is 5.75 Å². The Morgan fingerprint density at radius 2 is 1.53 bits per heavy atom. The number of benzene rings is 1. The van der Waals surface area contributed by atoms with E-state index in [0.717, 1.165) is 23.8 Å². The Hall–Kier alpha value is -0.883. The van der Waals surface area contributed by atoms with Crippen molar-refractivity contribution in [2.24, 2.45) is 0 Å². The molecule has 0 aliphatic heterocycles. The van der Waals surface area contributed by atoms with E-state index in [4.69, 9.17) is 18.0 Å². The number of aryl methyl sites for hydroxylation is 3. The third-order valence-electron chi connectivity index (χ3n) is 3.33. The normalized spacial score (nSPS) is 11.7. The smallest absolute Gasteiger partial charge is 0.496 e. The zero-order valence-corrected chi connectivity index (χ0v) is 13.7. The summed E-state index contributed by atoms with van der Waals surface area (Å²) in [7, 11) is 4.09. The number of hydrogen-bond donors (Lipinski definition) is 0. The lowest BCUT2D eigenvalue weighted by atomic mass is 10.0. The molecule has 0 aliphatic carbocycles. The highest BCUT2D eigenvalue weighted by atomic mass is 28.4. The average Bonchev–Trinajstić information content (AvgIpc) is 2.40. The lowest BCUT2D eigenvalue weighted by Crippen LogP contribution is -2.43. The second kappa shape index (κ2) is 7.05. The van der Waals surface area contributed by atoms with Gasteiger partial charge >= 0.3 is 8.80 Å². The molecule has 0 fully saturated rings. The molecule has 1 aromatic rings. The van der Waals surface area contributed by atoms with Gasteiger partial charge in [0.05, 0.1) is 7.11 Å². The predicted molar refractivity (Wildman–Crippen MR) is 77.8 cm³/mol. The van der Waals surface area contributed by atoms with Crippen LogP contribution in [0.15, 0.2) is 12.1 Å². The summed E-state index contributed by atoms with van der Waals surface area (Å²) in [4.78, 5) is 0. The highest BCUT2D eigenvalue weighted by Crippen LogP contribution is 2.28. The first-order chi connectivity index (χ1) is 9.01. The van der Waals surface area contributed by atoms with Gasteiger partial charge in [-0.2, -0.15) is 0 Å². The number of rotatable bonds is 7. The topological polar surface area (TPSA) is 36.9 Å². The van der Waals surface area contributed by atoms with Crippen LogP contribution in [-0.2, 0) is 19.7 Å². The predicted octanol–water partition coefficient (Wildman–Crippen LogP) is 2.73. The molecule has 108 valence electrons. The van der Waals surface area contributed by atoms with Gasteiger partial charge in [-0.15, -0.1) is 0 Å². The first-order valence-corrected chi connectivity index (χ1v) is 8.24. The van der Waals surface area contributed by atoms with E-state index in [2.05, 4.69) is 26.0 Å². The molecule has 0 atom stereocenters. The van der Waals surface area contributed by atoms with Gasteiger partial charge in [0, 0.05) is 27.4 Å². The maximum Gasteiger partial charge on any atom is 0.500 e. The molecule has 0 amide bonds. The van der Waals surface area contributed by atoms with Crippen LogP contribution in [0.1, 0.15) is 16.7 Å². The molecule has 0 saturated heterocycles. The Morgan fingerprint density at radius 1 is 0.947 bits per heavy atom. The highest BCUT2D eigenvalue weighted by molar-refractivity contribution is 6.60. The summed E-state index contributed by atoms with van der Waals surface area (Å²) in [5.41, 5.74) is 3.55. The van der Waals surface area contributed by atoms with Crippen molar-refractivity contribution >= 4 is 8.80 Å². The second-order valence-corrected chi connectivity index (χ2v) is 7.66. The van der Waals surface area contributed by atoms with Crippen molar-refractivity contribution in [1.29, 1.82) is 0 Å². The molecule has 0 aliphatic rings. The molecule has 0 N–H and O–H groups in total. The lowest BCUT2D eigenvalue weighted by Gasteiger charge is -2.24. The van der Waals surface area contributed by atoms with Crippen LogP contribution in [0.4, 0.5) is 0 Å². The molecule has 5 heteroatoms. The van der Waals surface area contributed by atoms with E-state index < -0.39 is 8.80 Å². The van der Waals surface area contributed by atoms with Gasteiger partial charge in [-0.3, -0.25) is 0 Å². The summed E-state index contributed by atoms with van der Waals surface area (Å²) in [6.45, 7) is 4.15. The van der Waals surface area contributed by atoms with Crippen LogP contribution in [0.5, 0.6) is 5.75 Å². The van der Waals surface area contributed by atoms with Crippen molar-refractivity contribution in [3.8, 4) is 5.75 Å². The van der Waals surface area contributed by atoms with E-state index in [0.29, 0.717) is 0 Å². The summed E-state index contributed by atoms with van der Waals surface area (Å²) in [6.07, 6.45) is 0.813. The zero-order valence-electron chi connectivity index (χ0n) is 12.7. The maximum absolute atomic E-state index is 5.49. The van der Waals surface area contributed by atoms with Crippen LogP contribution in [0.3, 0.4) is 0 Å². The SMILES string of the molecule is COc1c(C)cc(C)cc1CC[Si](OC)(OC)OC. The van der Waals surface area contributed by atoms with Crippen molar-refractivity contribution in [2.75, 3.05) is 28.4 Å². The molecule has 4 nitrogen and oxygen atoms in total. The van der Waals surface area contributed by atoms with Crippen molar-refractivity contribution in [3.63, 3.8) is 0 Å². The molecule has 0 spiro atoms. The Kier molecular flexibility index (Phi) is 6.00. The van der Waals surface area contributed by atoms with Crippen molar-refractivity contribution in [2.45, 2.75) is 26.3 Å². The zero-order chi connectivity index (χ0) is 14.5. The standard InChI is InChI=1S/C14H24O4Si/c1-11-9-12(2)14(15-3)13(10-11)7-8-19(16-4,17-5)18-6/h9-10H,7-8H2,1-6H3. The van der Waals surface area contributed by atoms with E-state index in [1.807, 2.05) is 0 Å². The second-order valence-electron chi connectivity index (χ2n) is 4.57. The fourth-order valence-electron chi connectivity index (χ4n) is 2.36. The minimum absolute atomic E-state index is 0.732. The van der Waals surface area contributed by atoms with Crippen molar-refractivity contribution in [1.82, 2.24) is 0 Å². The van der Waals surface area contributed by atoms with Crippen LogP contribution in [0.2, 0.25) is 6.04 Å². The first-order valence-electron chi connectivity index (χ1n) is 6.31. The van der Waals surface area contributed by atoms with E-state index in [1.54, 1.807) is 28.4 Å². The summed E-state index contributed by atoms with van der Waals surface area (Å²) in [6, 6.07) is 5.00. The molecular formula is C14H24O4Si. The van der Waals surface area contributed by atoms with Gasteiger partial charge in [0.2, 0.25) is 0 Å². The molecule has 0 saturated carbocycles. The summed E-state index contributed by atoms with van der Waals surface area (Å²) >= 11 is 0. The molecular weight excluding hydrogens is 260 g/mol. The molecule has 0 unspecified atom stereocenters. The molecule has 0 aromatic heterocycles. The minimum atomic E-state index is -2.53. The van der Waals surface area contributed by atoms with Crippen LogP contribution < -0.4 is 4.74 Å². The Morgan fingerprint density at radius 3 is 2.00 bits per heavy atom. The number of methoxy groups -OCH3 is 1. The highest BCUT2D eigenvalue weighted by Gasteiger charge is 2.37. The molecule has 0 bridgehead atoms. The number of hydrogen-bond acceptors (Lipinski definition) is 4. The summed E-state index contributed by atoms with van der Waals surface area (Å²) in [5.74, 6) is 0.941. The fraction of sp³-hybridized carbons (Fsp3) is 0.571. The monoisotopic (exact) mass is 284 g/mol. The Labute approximate surface area is 117 Å². The molecule has 1 rings (SSSR count). The quantitative estimate of drug-likeness (QED) is 0.721. The van der Waals surface area contributed by atoms with Gasteiger partial charge in [-0.1, -0.05) is 17.7 Å². The van der Waals surface area contributed by atoms with Crippen molar-refractivity contribution in [3.05, 3.63) is 28.8 Å². The maximum atomic E-state index is 5.49. The number of ether oxygens (including phenoxy) is 1. The molecule has 0 radical (unpaired) electrons. The fourth-order valence-corrected chi connectivity index (χ4v) is 4.05. The first kappa shape index (κ1) is 16.2. The van der Waals surface area contributed by atoms with E-state index in [1.165, 1.54) is 11.1 Å². The average molecular weight is 284 g/mol. The van der Waals surface area contributed by atoms with Gasteiger partial charge in [0.15, 0.2) is 0 Å². The molecule has 19 heavy (non-hydrogen) atoms. The van der Waals surface area contributed by atoms with E-state index in [-0.39, 0.29) is 0 Å². The lowest BCUT2D eigenvalue weighted by molar-refractivity contribution is 0.123. The van der Waals surface area contributed by atoms with Crippen molar-refractivity contribution < 1.29 is 18.0 Å². The van der Waals surface area contributed by atoms with Gasteiger partial charge in [-0.05, 0) is 31.4 Å². The van der Waals surface area contributed by atoms with Gasteiger partial charge in [0.25, 0.3) is 0 Å². The third-order valence-corrected chi connectivity index (χ3v) is 6.06. The largest absolute Gasteiger partial charge is 0.500 e. The van der Waals surface area contributed by atoms with Gasteiger partial charge < -0.3 is 18.0 Å². The van der Waals surface area contributed by atoms with Crippen LogP contribution >= 0.6 is 0 Å². The van der Waals surface area contributed by atoms with Crippen LogP contribution in [0, 0.1) is 13.8 Å². The summed E-state index contributed by atoms with van der Waals surface area (Å²) < 4.78 is 21.8. The Bertz CT molecular complexity index is 408. The third kappa shape index (κ3) is 3.79. The Balaban J connectivity index is 2.93. The van der Waals surface area contributed by atoms with Gasteiger partial charge in [-0.25, -0.2) is 0 Å². The van der Waals surface area contributed by atoms with Crippen LogP contribution in [0.25, 0.3) is 0 Å². The van der Waals surface area contributed by atoms with E-state index in [9.17, 15) is 0 Å². The van der Waals surface area contributed by atoms with E-state index >= 15 is 0 Å². The minimum Gasteiger partial charge on any atom is -0.496 e. The summed E-state index contributed by atoms with van der Waals surface area (Å²) in [5, 5.41) is 0.